The van der Waals surface area contributed by atoms with Gasteiger partial charge in [-0.05, 0) is 25.2 Å². The van der Waals surface area contributed by atoms with Crippen LogP contribution in [0.2, 0.25) is 0 Å². The number of rotatable bonds is 12. The fourth-order valence-electron chi connectivity index (χ4n) is 2.14. The molecule has 0 bridgehead atoms. The Hall–Kier alpha value is -0.541. The zero-order chi connectivity index (χ0) is 17.4. The summed E-state index contributed by atoms with van der Waals surface area (Å²) < 4.78 is 0. The number of unbranched alkanes of at least 4 members (excludes halogenated alkanes) is 4. The van der Waals surface area contributed by atoms with Gasteiger partial charge >= 0.3 is 11.9 Å². The zero-order valence-electron chi connectivity index (χ0n) is 15.3. The van der Waals surface area contributed by atoms with Crippen LogP contribution in [0, 0.1) is 11.8 Å². The first-order valence-electron chi connectivity index (χ1n) is 8.79. The summed E-state index contributed by atoms with van der Waals surface area (Å²) in [4.78, 5) is 20.6. The average Bonchev–Trinajstić information content (AvgIpc) is 2.43. The first-order chi connectivity index (χ1) is 10.3. The minimum Gasteiger partial charge on any atom is -0.481 e. The quantitative estimate of drug-likeness (QED) is 0.358. The second kappa shape index (κ2) is 19.5. The van der Waals surface area contributed by atoms with Crippen LogP contribution in [0.1, 0.15) is 91.9 Å². The van der Waals surface area contributed by atoms with Gasteiger partial charge in [-0.3, -0.25) is 9.59 Å². The van der Waals surface area contributed by atoms with Gasteiger partial charge in [0.05, 0.1) is 5.92 Å². The number of hydrogen-bond donors (Lipinski definition) is 2. The third-order valence-electron chi connectivity index (χ3n) is 3.67. The Morgan fingerprint density at radius 1 is 0.870 bits per heavy atom. The molecule has 23 heavy (non-hydrogen) atoms. The van der Waals surface area contributed by atoms with Gasteiger partial charge in [0.15, 0.2) is 0 Å². The minimum absolute atomic E-state index is 0. The van der Waals surface area contributed by atoms with Gasteiger partial charge in [0.2, 0.25) is 0 Å². The van der Waals surface area contributed by atoms with E-state index in [1.54, 1.807) is 0 Å². The molecule has 1 unspecified atom stereocenters. The van der Waals surface area contributed by atoms with E-state index in [0.29, 0.717) is 6.42 Å². The molecule has 5 heteroatoms. The largest absolute Gasteiger partial charge is 0.481 e. The fraction of sp³-hybridized carbons (Fsp3) is 0.889. The Morgan fingerprint density at radius 2 is 1.43 bits per heavy atom. The Labute approximate surface area is 152 Å². The number of carboxylic acid groups (broad SMARTS) is 2. The summed E-state index contributed by atoms with van der Waals surface area (Å²) in [5, 5.41) is 17.0. The predicted octanol–water partition coefficient (Wildman–Crippen LogP) is 5.35. The molecule has 0 aliphatic heterocycles. The summed E-state index contributed by atoms with van der Waals surface area (Å²) >= 11 is 0. The SMILES string of the molecule is CC(C)CCCCCCC(=O)O.CCCCC(CC)C(=O)O.[Mn]. The molecule has 0 spiro atoms. The monoisotopic (exact) mass is 371 g/mol. The molecule has 0 saturated heterocycles. The third-order valence-corrected chi connectivity index (χ3v) is 3.67. The molecule has 139 valence electrons. The molecule has 0 saturated carbocycles. The van der Waals surface area contributed by atoms with Crippen LogP contribution in [0.15, 0.2) is 0 Å². The molecule has 0 aromatic heterocycles. The number of carbonyl (C=O) groups is 2. The summed E-state index contributed by atoms with van der Waals surface area (Å²) in [6.07, 6.45) is 9.66. The van der Waals surface area contributed by atoms with Crippen molar-refractivity contribution in [2.24, 2.45) is 11.8 Å². The van der Waals surface area contributed by atoms with Crippen molar-refractivity contribution in [2.75, 3.05) is 0 Å². The fourth-order valence-corrected chi connectivity index (χ4v) is 2.14. The summed E-state index contributed by atoms with van der Waals surface area (Å²) in [6.45, 7) is 8.44. The smallest absolute Gasteiger partial charge is 0.306 e. The van der Waals surface area contributed by atoms with Crippen LogP contribution < -0.4 is 0 Å². The molecule has 0 rings (SSSR count). The van der Waals surface area contributed by atoms with Crippen LogP contribution in [0.4, 0.5) is 0 Å². The van der Waals surface area contributed by atoms with Gasteiger partial charge in [0.25, 0.3) is 0 Å². The predicted molar refractivity (Wildman–Crippen MR) is 91.1 cm³/mol. The second-order valence-corrected chi connectivity index (χ2v) is 6.33. The maximum atomic E-state index is 10.4. The summed E-state index contributed by atoms with van der Waals surface area (Å²) in [6, 6.07) is 0. The molecule has 2 N–H and O–H groups in total. The summed E-state index contributed by atoms with van der Waals surface area (Å²) in [7, 11) is 0. The van der Waals surface area contributed by atoms with E-state index in [9.17, 15) is 9.59 Å². The van der Waals surface area contributed by atoms with Crippen molar-refractivity contribution in [3.63, 3.8) is 0 Å². The Balaban J connectivity index is -0.000000338. The maximum absolute atomic E-state index is 10.4. The molecule has 1 atom stereocenters. The zero-order valence-corrected chi connectivity index (χ0v) is 16.5. The Morgan fingerprint density at radius 3 is 1.83 bits per heavy atom. The van der Waals surface area contributed by atoms with Crippen LogP contribution in [0.5, 0.6) is 0 Å². The molecule has 0 aliphatic rings. The van der Waals surface area contributed by atoms with Crippen LogP contribution in [0.3, 0.4) is 0 Å². The number of carboxylic acids is 2. The van der Waals surface area contributed by atoms with E-state index in [1.165, 1.54) is 19.3 Å². The van der Waals surface area contributed by atoms with Crippen molar-refractivity contribution in [1.82, 2.24) is 0 Å². The van der Waals surface area contributed by atoms with Crippen molar-refractivity contribution >= 4 is 11.9 Å². The summed E-state index contributed by atoms with van der Waals surface area (Å²) in [5.41, 5.74) is 0. The second-order valence-electron chi connectivity index (χ2n) is 6.33. The van der Waals surface area contributed by atoms with Crippen molar-refractivity contribution in [1.29, 1.82) is 0 Å². The molecule has 0 aromatic rings. The Kier molecular flexibility index (Phi) is 23.2. The van der Waals surface area contributed by atoms with Crippen LogP contribution >= 0.6 is 0 Å². The number of aliphatic carboxylic acids is 2. The van der Waals surface area contributed by atoms with Gasteiger partial charge in [-0.25, -0.2) is 0 Å². The standard InChI is InChI=1S/C10H20O2.C8H16O2.Mn/c1-9(2)7-5-3-4-6-8-10(11)12;1-3-5-6-7(4-2)8(9)10;/h9H,3-8H2,1-2H3,(H,11,12);7H,3-6H2,1-2H3,(H,9,10);. The summed E-state index contributed by atoms with van der Waals surface area (Å²) in [5.74, 6) is -0.640. The van der Waals surface area contributed by atoms with Gasteiger partial charge in [0, 0.05) is 23.5 Å². The van der Waals surface area contributed by atoms with Crippen molar-refractivity contribution in [3.8, 4) is 0 Å². The van der Waals surface area contributed by atoms with Crippen LogP contribution in [0.25, 0.3) is 0 Å². The molecule has 0 aromatic carbocycles. The van der Waals surface area contributed by atoms with Gasteiger partial charge in [0.1, 0.15) is 0 Å². The van der Waals surface area contributed by atoms with E-state index in [0.717, 1.165) is 44.4 Å². The maximum Gasteiger partial charge on any atom is 0.306 e. The van der Waals surface area contributed by atoms with Gasteiger partial charge in [-0.1, -0.05) is 66.2 Å². The average molecular weight is 371 g/mol. The van der Waals surface area contributed by atoms with E-state index in [-0.39, 0.29) is 23.0 Å². The molecule has 0 amide bonds. The minimum atomic E-state index is -0.668. The van der Waals surface area contributed by atoms with E-state index in [1.807, 2.05) is 6.92 Å². The number of hydrogen-bond acceptors (Lipinski definition) is 2. The Bertz CT molecular complexity index is 280. The van der Waals surface area contributed by atoms with E-state index < -0.39 is 11.9 Å². The van der Waals surface area contributed by atoms with Crippen molar-refractivity contribution < 1.29 is 36.9 Å². The van der Waals surface area contributed by atoms with Gasteiger partial charge in [-0.15, -0.1) is 0 Å². The van der Waals surface area contributed by atoms with Gasteiger partial charge in [-0.2, -0.15) is 0 Å². The first kappa shape index (κ1) is 27.3. The molecule has 4 nitrogen and oxygen atoms in total. The van der Waals surface area contributed by atoms with E-state index in [4.69, 9.17) is 10.2 Å². The molecule has 0 fully saturated rings. The van der Waals surface area contributed by atoms with Crippen LogP contribution in [-0.4, -0.2) is 22.2 Å². The molecular weight excluding hydrogens is 335 g/mol. The van der Waals surface area contributed by atoms with Crippen molar-refractivity contribution in [2.45, 2.75) is 91.9 Å². The molecule has 0 heterocycles. The molecule has 1 radical (unpaired) electrons. The normalized spacial score (nSPS) is 11.2. The van der Waals surface area contributed by atoms with Crippen LogP contribution in [-0.2, 0) is 26.7 Å². The first-order valence-corrected chi connectivity index (χ1v) is 8.79. The van der Waals surface area contributed by atoms with Gasteiger partial charge < -0.3 is 10.2 Å². The molecular formula is C18H36MnO4. The van der Waals surface area contributed by atoms with E-state index >= 15 is 0 Å². The van der Waals surface area contributed by atoms with Crippen molar-refractivity contribution in [3.05, 3.63) is 0 Å². The van der Waals surface area contributed by atoms with E-state index in [2.05, 4.69) is 20.8 Å². The third kappa shape index (κ3) is 23.8. The topological polar surface area (TPSA) is 74.6 Å². The molecule has 0 aliphatic carbocycles.